The van der Waals surface area contributed by atoms with Crippen LogP contribution in [-0.4, -0.2) is 25.5 Å². The summed E-state index contributed by atoms with van der Waals surface area (Å²) < 4.78 is 27.5. The second-order valence-corrected chi connectivity index (χ2v) is 7.97. The number of benzene rings is 1. The summed E-state index contributed by atoms with van der Waals surface area (Å²) in [5, 5.41) is 9.15. The third-order valence-corrected chi connectivity index (χ3v) is 5.39. The summed E-state index contributed by atoms with van der Waals surface area (Å²) in [6.45, 7) is 4.18. The lowest BCUT2D eigenvalue weighted by atomic mass is 9.92. The fraction of sp³-hybridized carbons (Fsp3) is 0.500. The Labute approximate surface area is 124 Å². The monoisotopic (exact) mass is 312 g/mol. The molecule has 1 aliphatic rings. The van der Waals surface area contributed by atoms with Gasteiger partial charge in [-0.15, -0.1) is 0 Å². The highest BCUT2D eigenvalue weighted by Crippen LogP contribution is 2.37. The molecule has 1 aromatic rings. The normalized spacial score (nSPS) is 21.3. The molecule has 6 nitrogen and oxygen atoms in total. The van der Waals surface area contributed by atoms with Gasteiger partial charge in [0.1, 0.15) is 0 Å². The molecule has 0 amide bonds. The number of carboxylic acids is 1. The van der Waals surface area contributed by atoms with Gasteiger partial charge in [-0.05, 0) is 42.9 Å². The number of nitrogen functional groups attached to an aromatic ring is 1. The standard InChI is InChI=1S/C14H20N2O4S/c1-14(2)6-5-10(8-14)16-21(19,20)12-4-3-9(15)7-11(12)13(17)18/h3-4,7,10,16H,5-6,8,15H2,1-2H3,(H,17,18). The summed E-state index contributed by atoms with van der Waals surface area (Å²) in [4.78, 5) is 11.0. The van der Waals surface area contributed by atoms with E-state index in [-0.39, 0.29) is 27.6 Å². The number of anilines is 1. The first-order valence-electron chi connectivity index (χ1n) is 6.76. The van der Waals surface area contributed by atoms with Gasteiger partial charge in [-0.3, -0.25) is 0 Å². The Hall–Kier alpha value is -1.60. The van der Waals surface area contributed by atoms with Crippen molar-refractivity contribution in [3.63, 3.8) is 0 Å². The van der Waals surface area contributed by atoms with Crippen molar-refractivity contribution in [3.8, 4) is 0 Å². The molecule has 0 aliphatic heterocycles. The van der Waals surface area contributed by atoms with Gasteiger partial charge in [-0.2, -0.15) is 0 Å². The molecule has 1 aliphatic carbocycles. The minimum atomic E-state index is -3.87. The van der Waals surface area contributed by atoms with Gasteiger partial charge in [-0.25, -0.2) is 17.9 Å². The van der Waals surface area contributed by atoms with Crippen molar-refractivity contribution in [2.75, 3.05) is 5.73 Å². The molecular formula is C14H20N2O4S. The van der Waals surface area contributed by atoms with Crippen LogP contribution in [0.5, 0.6) is 0 Å². The molecule has 21 heavy (non-hydrogen) atoms. The van der Waals surface area contributed by atoms with E-state index in [1.165, 1.54) is 12.1 Å². The average Bonchev–Trinajstić information content (AvgIpc) is 2.67. The first-order chi connectivity index (χ1) is 9.61. The number of carbonyl (C=O) groups is 1. The molecular weight excluding hydrogens is 292 g/mol. The maximum absolute atomic E-state index is 12.4. The summed E-state index contributed by atoms with van der Waals surface area (Å²) >= 11 is 0. The van der Waals surface area contributed by atoms with Gasteiger partial charge >= 0.3 is 5.97 Å². The van der Waals surface area contributed by atoms with Crippen molar-refractivity contribution in [1.82, 2.24) is 4.72 Å². The summed E-state index contributed by atoms with van der Waals surface area (Å²) in [5.41, 5.74) is 5.54. The number of hydrogen-bond donors (Lipinski definition) is 3. The fourth-order valence-electron chi connectivity index (χ4n) is 2.77. The number of carboxylic acid groups (broad SMARTS) is 1. The summed E-state index contributed by atoms with van der Waals surface area (Å²) in [6, 6.07) is 3.63. The molecule has 0 bridgehead atoms. The van der Waals surface area contributed by atoms with Gasteiger partial charge in [0.05, 0.1) is 10.5 Å². The van der Waals surface area contributed by atoms with E-state index < -0.39 is 16.0 Å². The third kappa shape index (κ3) is 3.54. The maximum Gasteiger partial charge on any atom is 0.337 e. The summed E-state index contributed by atoms with van der Waals surface area (Å²) in [7, 11) is -3.87. The Morgan fingerprint density at radius 2 is 2.10 bits per heavy atom. The Bertz CT molecular complexity index is 668. The zero-order valence-corrected chi connectivity index (χ0v) is 12.9. The lowest BCUT2D eigenvalue weighted by Crippen LogP contribution is -2.34. The molecule has 2 rings (SSSR count). The van der Waals surface area contributed by atoms with Gasteiger partial charge in [-0.1, -0.05) is 13.8 Å². The van der Waals surface area contributed by atoms with Gasteiger partial charge in [0.25, 0.3) is 0 Å². The molecule has 0 saturated heterocycles. The first kappa shape index (κ1) is 15.8. The summed E-state index contributed by atoms with van der Waals surface area (Å²) in [6.07, 6.45) is 2.43. The largest absolute Gasteiger partial charge is 0.478 e. The maximum atomic E-state index is 12.4. The molecule has 1 aromatic carbocycles. The molecule has 116 valence electrons. The average molecular weight is 312 g/mol. The third-order valence-electron chi connectivity index (χ3n) is 3.81. The van der Waals surface area contributed by atoms with Crippen LogP contribution in [-0.2, 0) is 10.0 Å². The van der Waals surface area contributed by atoms with Crippen LogP contribution in [0.2, 0.25) is 0 Å². The molecule has 0 heterocycles. The van der Waals surface area contributed by atoms with Crippen LogP contribution >= 0.6 is 0 Å². The second-order valence-electron chi connectivity index (χ2n) is 6.29. The van der Waals surface area contributed by atoms with Gasteiger partial charge in [0.2, 0.25) is 10.0 Å². The van der Waals surface area contributed by atoms with E-state index in [1.54, 1.807) is 0 Å². The zero-order chi connectivity index (χ0) is 15.8. The van der Waals surface area contributed by atoms with Crippen LogP contribution in [0.1, 0.15) is 43.5 Å². The van der Waals surface area contributed by atoms with E-state index in [0.29, 0.717) is 0 Å². The predicted octanol–water partition coefficient (Wildman–Crippen LogP) is 1.82. The van der Waals surface area contributed by atoms with E-state index in [1.807, 2.05) is 0 Å². The predicted molar refractivity (Wildman–Crippen MR) is 79.6 cm³/mol. The molecule has 0 spiro atoms. The summed E-state index contributed by atoms with van der Waals surface area (Å²) in [5.74, 6) is -1.31. The number of sulfonamides is 1. The molecule has 1 fully saturated rings. The van der Waals surface area contributed by atoms with Crippen molar-refractivity contribution in [1.29, 1.82) is 0 Å². The van der Waals surface area contributed by atoms with Crippen LogP contribution in [0.25, 0.3) is 0 Å². The fourth-order valence-corrected chi connectivity index (χ4v) is 4.22. The van der Waals surface area contributed by atoms with Crippen LogP contribution in [0.3, 0.4) is 0 Å². The van der Waals surface area contributed by atoms with Crippen LogP contribution in [0, 0.1) is 5.41 Å². The second kappa shape index (κ2) is 5.31. The van der Waals surface area contributed by atoms with Crippen molar-refractivity contribution >= 4 is 21.7 Å². The smallest absolute Gasteiger partial charge is 0.337 e. The quantitative estimate of drug-likeness (QED) is 0.735. The van der Waals surface area contributed by atoms with Crippen LogP contribution in [0.4, 0.5) is 5.69 Å². The van der Waals surface area contributed by atoms with E-state index in [9.17, 15) is 13.2 Å². The van der Waals surface area contributed by atoms with E-state index in [4.69, 9.17) is 10.8 Å². The molecule has 0 aromatic heterocycles. The van der Waals surface area contributed by atoms with Crippen LogP contribution in [0.15, 0.2) is 23.1 Å². The Kier molecular flexibility index (Phi) is 3.99. The van der Waals surface area contributed by atoms with Crippen molar-refractivity contribution in [2.24, 2.45) is 5.41 Å². The molecule has 7 heteroatoms. The molecule has 0 radical (unpaired) electrons. The number of hydrogen-bond acceptors (Lipinski definition) is 4. The molecule has 1 atom stereocenters. The highest BCUT2D eigenvalue weighted by Gasteiger charge is 2.34. The minimum Gasteiger partial charge on any atom is -0.478 e. The number of nitrogens with two attached hydrogens (primary N) is 1. The minimum absolute atomic E-state index is 0.101. The highest BCUT2D eigenvalue weighted by molar-refractivity contribution is 7.89. The molecule has 1 unspecified atom stereocenters. The van der Waals surface area contributed by atoms with E-state index >= 15 is 0 Å². The van der Waals surface area contributed by atoms with E-state index in [0.717, 1.165) is 25.3 Å². The zero-order valence-electron chi connectivity index (χ0n) is 12.1. The highest BCUT2D eigenvalue weighted by atomic mass is 32.2. The number of aromatic carboxylic acids is 1. The topological polar surface area (TPSA) is 109 Å². The first-order valence-corrected chi connectivity index (χ1v) is 8.24. The Morgan fingerprint density at radius 1 is 1.43 bits per heavy atom. The Balaban J connectivity index is 2.30. The van der Waals surface area contributed by atoms with Gasteiger partial charge in [0, 0.05) is 11.7 Å². The molecule has 4 N–H and O–H groups in total. The Morgan fingerprint density at radius 3 is 2.62 bits per heavy atom. The lowest BCUT2D eigenvalue weighted by molar-refractivity contribution is 0.0692. The number of nitrogens with one attached hydrogen (secondary N) is 1. The van der Waals surface area contributed by atoms with Crippen molar-refractivity contribution < 1.29 is 18.3 Å². The van der Waals surface area contributed by atoms with E-state index in [2.05, 4.69) is 18.6 Å². The van der Waals surface area contributed by atoms with Gasteiger partial charge < -0.3 is 10.8 Å². The van der Waals surface area contributed by atoms with Crippen molar-refractivity contribution in [3.05, 3.63) is 23.8 Å². The number of rotatable bonds is 4. The van der Waals surface area contributed by atoms with Crippen molar-refractivity contribution in [2.45, 2.75) is 44.0 Å². The lowest BCUT2D eigenvalue weighted by Gasteiger charge is -2.18. The van der Waals surface area contributed by atoms with Crippen LogP contribution < -0.4 is 10.5 Å². The molecule has 1 saturated carbocycles. The SMILES string of the molecule is CC1(C)CCC(NS(=O)(=O)c2ccc(N)cc2C(=O)O)C1. The van der Waals surface area contributed by atoms with Gasteiger partial charge in [0.15, 0.2) is 0 Å².